The fourth-order valence-corrected chi connectivity index (χ4v) is 2.82. The molecule has 7 nitrogen and oxygen atoms in total. The van der Waals surface area contributed by atoms with Crippen molar-refractivity contribution in [1.29, 1.82) is 0 Å². The molecule has 0 bridgehead atoms. The molecule has 0 spiro atoms. The molecule has 2 heterocycles. The maximum Gasteiger partial charge on any atom is 0.255 e. The molecule has 144 valence electrons. The maximum absolute atomic E-state index is 14.2. The normalized spacial score (nSPS) is 10.7. The lowest BCUT2D eigenvalue weighted by atomic mass is 10.1. The van der Waals surface area contributed by atoms with Crippen molar-refractivity contribution in [2.45, 2.75) is 6.92 Å². The number of amides is 1. The van der Waals surface area contributed by atoms with Crippen molar-refractivity contribution in [3.63, 3.8) is 0 Å². The number of halogens is 1. The van der Waals surface area contributed by atoms with Crippen LogP contribution in [0.2, 0.25) is 0 Å². The number of phenols is 1. The number of fused-ring (bicyclic) bond motifs is 1. The third kappa shape index (κ3) is 3.81. The number of carbonyl (C=O) groups excluding carboxylic acids is 1. The topological polar surface area (TPSA) is 100 Å². The molecule has 0 aliphatic rings. The largest absolute Gasteiger partial charge is 0.508 e. The third-order valence-corrected chi connectivity index (χ3v) is 4.38. The third-order valence-electron chi connectivity index (χ3n) is 4.38. The van der Waals surface area contributed by atoms with Crippen LogP contribution in [-0.2, 0) is 0 Å². The molecule has 0 unspecified atom stereocenters. The van der Waals surface area contributed by atoms with Crippen LogP contribution in [0.15, 0.2) is 61.2 Å². The molecule has 3 N–H and O–H groups in total. The van der Waals surface area contributed by atoms with Crippen molar-refractivity contribution < 1.29 is 14.3 Å². The average molecular weight is 389 g/mol. The molecule has 1 amide bonds. The zero-order chi connectivity index (χ0) is 20.4. The minimum atomic E-state index is -0.514. The quantitative estimate of drug-likeness (QED) is 0.484. The number of aromatic nitrogens is 3. The molecule has 0 saturated carbocycles. The Hall–Kier alpha value is -4.07. The van der Waals surface area contributed by atoms with Crippen molar-refractivity contribution in [2.75, 3.05) is 10.6 Å². The number of phenolic OH excluding ortho intramolecular Hbond substituents is 1. The monoisotopic (exact) mass is 389 g/mol. The summed E-state index contributed by atoms with van der Waals surface area (Å²) in [7, 11) is 0. The minimum Gasteiger partial charge on any atom is -0.508 e. The summed E-state index contributed by atoms with van der Waals surface area (Å²) in [5.74, 6) is -0.471. The Morgan fingerprint density at radius 2 is 1.86 bits per heavy atom. The summed E-state index contributed by atoms with van der Waals surface area (Å²) in [6, 6.07) is 10.9. The van der Waals surface area contributed by atoms with Crippen LogP contribution in [0.1, 0.15) is 15.9 Å². The summed E-state index contributed by atoms with van der Waals surface area (Å²) in [5.41, 5.74) is 2.09. The Labute approximate surface area is 165 Å². The fraction of sp³-hybridized carbons (Fsp3) is 0.0476. The smallest absolute Gasteiger partial charge is 0.255 e. The van der Waals surface area contributed by atoms with E-state index in [1.165, 1.54) is 18.5 Å². The first kappa shape index (κ1) is 18.3. The molecule has 2 aromatic heterocycles. The van der Waals surface area contributed by atoms with Crippen LogP contribution in [0.5, 0.6) is 5.75 Å². The molecular formula is C21H16FN5O2. The second-order valence-corrected chi connectivity index (χ2v) is 6.39. The van der Waals surface area contributed by atoms with Crippen LogP contribution >= 0.6 is 0 Å². The molecule has 0 fully saturated rings. The maximum atomic E-state index is 14.2. The van der Waals surface area contributed by atoms with Crippen LogP contribution in [0.25, 0.3) is 10.9 Å². The molecule has 4 aromatic rings. The Bertz CT molecular complexity index is 1210. The van der Waals surface area contributed by atoms with Gasteiger partial charge in [-0.15, -0.1) is 0 Å². The summed E-state index contributed by atoms with van der Waals surface area (Å²) in [4.78, 5) is 24.8. The van der Waals surface area contributed by atoms with E-state index < -0.39 is 5.82 Å². The zero-order valence-corrected chi connectivity index (χ0v) is 15.3. The van der Waals surface area contributed by atoms with Crippen molar-refractivity contribution in [3.05, 3.63) is 78.1 Å². The minimum absolute atomic E-state index is 0.0256. The molecule has 0 saturated heterocycles. The molecule has 0 aliphatic heterocycles. The zero-order valence-electron chi connectivity index (χ0n) is 15.3. The van der Waals surface area contributed by atoms with Gasteiger partial charge in [0.05, 0.1) is 11.2 Å². The van der Waals surface area contributed by atoms with Gasteiger partial charge >= 0.3 is 0 Å². The van der Waals surface area contributed by atoms with Gasteiger partial charge in [-0.05, 0) is 48.9 Å². The number of aromatic hydroxyl groups is 1. The number of rotatable bonds is 4. The van der Waals surface area contributed by atoms with Crippen LogP contribution in [0.4, 0.5) is 21.6 Å². The van der Waals surface area contributed by atoms with Crippen LogP contribution in [0.3, 0.4) is 0 Å². The lowest BCUT2D eigenvalue weighted by Crippen LogP contribution is -2.12. The van der Waals surface area contributed by atoms with Crippen LogP contribution < -0.4 is 10.6 Å². The Balaban J connectivity index is 1.64. The highest BCUT2D eigenvalue weighted by Crippen LogP contribution is 2.29. The van der Waals surface area contributed by atoms with Gasteiger partial charge in [0.1, 0.15) is 23.7 Å². The average Bonchev–Trinajstić information content (AvgIpc) is 2.72. The highest BCUT2D eigenvalue weighted by molar-refractivity contribution is 6.06. The first-order chi connectivity index (χ1) is 14.0. The number of aryl methyl sites for hydroxylation is 1. The second-order valence-electron chi connectivity index (χ2n) is 6.39. The summed E-state index contributed by atoms with van der Waals surface area (Å²) < 4.78 is 14.2. The van der Waals surface area contributed by atoms with Crippen molar-refractivity contribution in [2.24, 2.45) is 0 Å². The summed E-state index contributed by atoms with van der Waals surface area (Å²) in [5, 5.41) is 16.1. The van der Waals surface area contributed by atoms with Gasteiger partial charge in [0, 0.05) is 35.1 Å². The van der Waals surface area contributed by atoms with E-state index in [-0.39, 0.29) is 17.3 Å². The van der Waals surface area contributed by atoms with Gasteiger partial charge in [-0.2, -0.15) is 0 Å². The van der Waals surface area contributed by atoms with E-state index in [0.29, 0.717) is 33.5 Å². The van der Waals surface area contributed by atoms with Gasteiger partial charge in [0.15, 0.2) is 0 Å². The van der Waals surface area contributed by atoms with Gasteiger partial charge < -0.3 is 15.7 Å². The number of nitrogens with one attached hydrogen (secondary N) is 2. The molecular weight excluding hydrogens is 373 g/mol. The molecule has 0 aliphatic carbocycles. The van der Waals surface area contributed by atoms with Gasteiger partial charge in [-0.1, -0.05) is 0 Å². The van der Waals surface area contributed by atoms with Crippen molar-refractivity contribution in [3.8, 4) is 5.75 Å². The van der Waals surface area contributed by atoms with Gasteiger partial charge in [0.25, 0.3) is 5.91 Å². The SMILES string of the molecule is Cc1cc(F)c(Nc2ncnc3cc(C(=O)Nc4ccncc4)ccc23)cc1O. The number of anilines is 3. The molecule has 29 heavy (non-hydrogen) atoms. The Kier molecular flexibility index (Phi) is 4.74. The number of hydrogen-bond donors (Lipinski definition) is 3. The predicted octanol–water partition coefficient (Wildman–Crippen LogP) is 4.17. The number of hydrogen-bond acceptors (Lipinski definition) is 6. The van der Waals surface area contributed by atoms with E-state index in [0.717, 1.165) is 0 Å². The van der Waals surface area contributed by atoms with E-state index in [1.54, 1.807) is 49.6 Å². The van der Waals surface area contributed by atoms with E-state index in [4.69, 9.17) is 0 Å². The molecule has 8 heteroatoms. The first-order valence-electron chi connectivity index (χ1n) is 8.73. The Morgan fingerprint density at radius 3 is 2.66 bits per heavy atom. The van der Waals surface area contributed by atoms with E-state index >= 15 is 0 Å². The lowest BCUT2D eigenvalue weighted by molar-refractivity contribution is 0.102. The van der Waals surface area contributed by atoms with Gasteiger partial charge in [-0.3, -0.25) is 9.78 Å². The fourth-order valence-electron chi connectivity index (χ4n) is 2.82. The van der Waals surface area contributed by atoms with E-state index in [9.17, 15) is 14.3 Å². The van der Waals surface area contributed by atoms with Gasteiger partial charge in [-0.25, -0.2) is 14.4 Å². The number of nitrogens with zero attached hydrogens (tertiary/aromatic N) is 3. The Morgan fingerprint density at radius 1 is 1.07 bits per heavy atom. The van der Waals surface area contributed by atoms with E-state index in [2.05, 4.69) is 25.6 Å². The number of benzene rings is 2. The molecule has 0 atom stereocenters. The lowest BCUT2D eigenvalue weighted by Gasteiger charge is -2.11. The molecule has 2 aromatic carbocycles. The second kappa shape index (κ2) is 7.51. The highest BCUT2D eigenvalue weighted by atomic mass is 19.1. The van der Waals surface area contributed by atoms with Crippen LogP contribution in [0, 0.1) is 12.7 Å². The van der Waals surface area contributed by atoms with E-state index in [1.807, 2.05) is 0 Å². The molecule has 0 radical (unpaired) electrons. The van der Waals surface area contributed by atoms with Crippen molar-refractivity contribution in [1.82, 2.24) is 15.0 Å². The standard InChI is InChI=1S/C21H16FN5O2/c1-12-8-16(22)18(10-19(12)28)27-20-15-3-2-13(9-17(15)24-11-25-20)21(29)26-14-4-6-23-7-5-14/h2-11,28H,1H3,(H,23,26,29)(H,24,25,27). The van der Waals surface area contributed by atoms with Crippen molar-refractivity contribution >= 4 is 34.0 Å². The van der Waals surface area contributed by atoms with Crippen LogP contribution in [-0.4, -0.2) is 26.0 Å². The summed E-state index contributed by atoms with van der Waals surface area (Å²) in [6.07, 6.45) is 4.49. The number of pyridine rings is 1. The summed E-state index contributed by atoms with van der Waals surface area (Å²) >= 11 is 0. The predicted molar refractivity (Wildman–Crippen MR) is 108 cm³/mol. The molecule has 4 rings (SSSR count). The first-order valence-corrected chi connectivity index (χ1v) is 8.73. The summed E-state index contributed by atoms with van der Waals surface area (Å²) in [6.45, 7) is 1.61. The number of carbonyl (C=O) groups is 1. The van der Waals surface area contributed by atoms with Gasteiger partial charge in [0.2, 0.25) is 0 Å². The highest BCUT2D eigenvalue weighted by Gasteiger charge is 2.12.